The number of fused-ring (bicyclic) bond motifs is 5. The van der Waals surface area contributed by atoms with Gasteiger partial charge in [0.1, 0.15) is 48.2 Å². The highest BCUT2D eigenvalue weighted by Crippen LogP contribution is 2.44. The van der Waals surface area contributed by atoms with Crippen LogP contribution in [0.25, 0.3) is 43.4 Å². The van der Waals surface area contributed by atoms with E-state index in [-0.39, 0.29) is 46.4 Å². The summed E-state index contributed by atoms with van der Waals surface area (Å²) in [6, 6.07) is 20.5. The first-order valence-electron chi connectivity index (χ1n) is 28.3. The van der Waals surface area contributed by atoms with Crippen LogP contribution in [0.4, 0.5) is 10.2 Å². The van der Waals surface area contributed by atoms with Gasteiger partial charge in [-0.25, -0.2) is 9.37 Å². The van der Waals surface area contributed by atoms with Crippen molar-refractivity contribution in [1.29, 1.82) is 0 Å². The topological polar surface area (TPSA) is 204 Å². The number of piperazine rings is 1. The van der Waals surface area contributed by atoms with Gasteiger partial charge in [0.25, 0.3) is 5.88 Å². The number of carbonyl (C=O) groups is 2. The van der Waals surface area contributed by atoms with Crippen LogP contribution in [0.15, 0.2) is 76.9 Å². The van der Waals surface area contributed by atoms with Gasteiger partial charge in [-0.1, -0.05) is 63.2 Å². The number of rotatable bonds is 16. The summed E-state index contributed by atoms with van der Waals surface area (Å²) in [6.07, 6.45) is 10.6. The predicted molar refractivity (Wildman–Crippen MR) is 309 cm³/mol. The molecule has 0 aliphatic carbocycles. The Morgan fingerprint density at radius 2 is 1.77 bits per heavy atom. The van der Waals surface area contributed by atoms with Crippen LogP contribution in [0.1, 0.15) is 114 Å². The van der Waals surface area contributed by atoms with Crippen molar-refractivity contribution in [2.75, 3.05) is 58.5 Å². The number of halogens is 1. The number of aldehydes is 1. The van der Waals surface area contributed by atoms with Crippen LogP contribution in [0.2, 0.25) is 0 Å². The zero-order valence-electron chi connectivity index (χ0n) is 47.0. The average molecular weight is 1110 g/mol. The van der Waals surface area contributed by atoms with Crippen LogP contribution in [0, 0.1) is 18.7 Å². The molecule has 5 fully saturated rings. The van der Waals surface area contributed by atoms with E-state index in [9.17, 15) is 14.7 Å². The molecule has 5 saturated heterocycles. The Hall–Kier alpha value is -6.64. The number of likely N-dealkylation sites (tertiary alicyclic amines) is 1. The maximum absolute atomic E-state index is 17.2. The third kappa shape index (κ3) is 11.4. The molecular weight excluding hydrogens is 1040 g/mol. The molecule has 5 aliphatic heterocycles. The molecule has 2 bridgehead atoms. The number of hydrogen-bond donors (Lipinski definition) is 4. The minimum Gasteiger partial charge on any atom is -0.508 e. The van der Waals surface area contributed by atoms with E-state index >= 15 is 4.39 Å². The van der Waals surface area contributed by atoms with Crippen LogP contribution in [0.3, 0.4) is 0 Å². The van der Waals surface area contributed by atoms with Gasteiger partial charge in [0, 0.05) is 68.7 Å². The summed E-state index contributed by atoms with van der Waals surface area (Å²) >= 11 is 1.70. The lowest BCUT2D eigenvalue weighted by Crippen LogP contribution is -2.51. The van der Waals surface area contributed by atoms with Crippen LogP contribution in [0.5, 0.6) is 17.6 Å². The summed E-state index contributed by atoms with van der Waals surface area (Å²) in [5.74, 6) is 0.109. The van der Waals surface area contributed by atoms with Crippen LogP contribution in [-0.2, 0) is 16.0 Å². The first-order chi connectivity index (χ1) is 38.8. The Kier molecular flexibility index (Phi) is 17.4. The molecule has 12 rings (SSSR count). The standard InChI is InChI=1S/C47H55FN8O6.C13H16N2S.CH4O/c1-4-28-8-5-9-29-18-34(58)19-35(40(28)29)42-41(48)43-36(21-49-42)44(54-22-30-11-12-31(23-54)50-30)52-46(51-43)61-26-47-14-7-17-56(47)33(13-15-47)25-60-38-20-37(62-53-38)39(27(2)3)45(59)55-16-6-10-32(55)24-57;1-9(14-3)11-4-6-12(7-5-11)13-10(2)15-8-16-13;1-2/h5,8-9,18-21,24,27,30-33,39,50,58H,4,6-7,10-17,22-23,25-26H2,1-3H3;4-9,14H,1-3H3;2H,1H3. The largest absolute Gasteiger partial charge is 0.508 e. The zero-order valence-corrected chi connectivity index (χ0v) is 47.8. The van der Waals surface area contributed by atoms with Crippen molar-refractivity contribution in [2.24, 2.45) is 5.92 Å². The lowest BCUT2D eigenvalue weighted by atomic mass is 9.91. The summed E-state index contributed by atoms with van der Waals surface area (Å²) in [5, 5.41) is 31.1. The second-order valence-corrected chi connectivity index (χ2v) is 23.2. The predicted octanol–water partition coefficient (Wildman–Crippen LogP) is 9.57. The number of phenolic OH excluding ortho intramolecular Hbond substituents is 1. The molecule has 80 heavy (non-hydrogen) atoms. The van der Waals surface area contributed by atoms with Crippen molar-refractivity contribution in [1.82, 2.24) is 45.5 Å². The highest BCUT2D eigenvalue weighted by molar-refractivity contribution is 7.13. The molecule has 1 amide bonds. The van der Waals surface area contributed by atoms with Crippen molar-refractivity contribution in [3.8, 4) is 39.3 Å². The molecule has 7 aromatic rings. The van der Waals surface area contributed by atoms with Gasteiger partial charge in [-0.2, -0.15) is 9.97 Å². The highest BCUT2D eigenvalue weighted by Gasteiger charge is 2.50. The monoisotopic (exact) mass is 1110 g/mol. The molecule has 5 aliphatic rings. The van der Waals surface area contributed by atoms with E-state index in [4.69, 9.17) is 34.1 Å². The number of nitrogens with one attached hydrogen (secondary N) is 2. The summed E-state index contributed by atoms with van der Waals surface area (Å²) in [6.45, 7) is 13.9. The zero-order chi connectivity index (χ0) is 56.2. The van der Waals surface area contributed by atoms with Crippen molar-refractivity contribution >= 4 is 51.0 Å². The first-order valence-corrected chi connectivity index (χ1v) is 29.2. The molecule has 4 N–H and O–H groups in total. The Bertz CT molecular complexity index is 3290. The molecule has 0 radical (unpaired) electrons. The second-order valence-electron chi connectivity index (χ2n) is 22.3. The van der Waals surface area contributed by atoms with Crippen molar-refractivity contribution in [2.45, 2.75) is 134 Å². The smallest absolute Gasteiger partial charge is 0.319 e. The molecule has 17 nitrogen and oxygen atoms in total. The molecule has 19 heteroatoms. The van der Waals surface area contributed by atoms with E-state index in [0.29, 0.717) is 72.7 Å². The summed E-state index contributed by atoms with van der Waals surface area (Å²) in [4.78, 5) is 51.7. The summed E-state index contributed by atoms with van der Waals surface area (Å²) in [5.41, 5.74) is 7.13. The lowest BCUT2D eigenvalue weighted by Gasteiger charge is -2.35. The Balaban J connectivity index is 0.000000342. The number of pyridine rings is 1. The van der Waals surface area contributed by atoms with Crippen LogP contribution >= 0.6 is 11.3 Å². The third-order valence-electron chi connectivity index (χ3n) is 17.1. The summed E-state index contributed by atoms with van der Waals surface area (Å²) < 4.78 is 35.8. The molecule has 7 atom stereocenters. The van der Waals surface area contributed by atoms with Gasteiger partial charge < -0.3 is 49.4 Å². The number of aliphatic hydroxyl groups excluding tert-OH is 1. The van der Waals surface area contributed by atoms with Gasteiger partial charge in [0.2, 0.25) is 5.91 Å². The quantitative estimate of drug-likeness (QED) is 0.0665. The maximum Gasteiger partial charge on any atom is 0.319 e. The number of aliphatic hydroxyl groups is 1. The van der Waals surface area contributed by atoms with Crippen molar-refractivity contribution < 1.29 is 38.2 Å². The highest BCUT2D eigenvalue weighted by atomic mass is 32.1. The number of carbonyl (C=O) groups excluding carboxylic acids is 2. The molecule has 0 spiro atoms. The van der Waals surface area contributed by atoms with Crippen LogP contribution in [-0.4, -0.2) is 141 Å². The molecule has 9 heterocycles. The number of amides is 1. The number of ether oxygens (including phenoxy) is 2. The van der Waals surface area contributed by atoms with Gasteiger partial charge in [0.15, 0.2) is 11.6 Å². The van der Waals surface area contributed by atoms with E-state index in [2.05, 4.69) is 75.6 Å². The molecule has 7 unspecified atom stereocenters. The van der Waals surface area contributed by atoms with Crippen LogP contribution < -0.4 is 25.0 Å². The van der Waals surface area contributed by atoms with Gasteiger partial charge >= 0.3 is 6.01 Å². The molecule has 3 aromatic carbocycles. The molecular formula is C61H75FN10O7S. The number of benzene rings is 3. The van der Waals surface area contributed by atoms with Gasteiger partial charge in [0.05, 0.1) is 33.0 Å². The summed E-state index contributed by atoms with van der Waals surface area (Å²) in [7, 11) is 2.98. The number of thiazole rings is 1. The Morgan fingerprint density at radius 3 is 2.49 bits per heavy atom. The number of phenols is 1. The van der Waals surface area contributed by atoms with Gasteiger partial charge in [-0.3, -0.25) is 14.7 Å². The normalized spacial score (nSPS) is 22.2. The number of aryl methyl sites for hydroxylation is 2. The number of anilines is 1. The first kappa shape index (κ1) is 56.6. The fraction of sp³-hybridized carbons (Fsp3) is 0.492. The maximum atomic E-state index is 17.2. The SMILES string of the molecule is CCc1cccc2cc(O)cc(-c3ncc4c(N5CC6CCC(C5)N6)nc(OCC56CCCN5C(COc5cc(C(C(=O)N7CCCC7C=O)C(C)C)on5)CC6)nc4c3F)c12.CNC(C)c1ccc(-c2scnc2C)cc1.CO. The number of aromatic nitrogens is 5. The molecule has 424 valence electrons. The number of aromatic hydroxyl groups is 1. The molecule has 0 saturated carbocycles. The van der Waals surface area contributed by atoms with E-state index in [0.717, 1.165) is 106 Å². The van der Waals surface area contributed by atoms with Gasteiger partial charge in [-0.15, -0.1) is 11.3 Å². The van der Waals surface area contributed by atoms with Crippen molar-refractivity contribution in [3.63, 3.8) is 0 Å². The van der Waals surface area contributed by atoms with E-state index in [1.165, 1.54) is 16.0 Å². The van der Waals surface area contributed by atoms with E-state index in [1.807, 2.05) is 44.6 Å². The van der Waals surface area contributed by atoms with Crippen molar-refractivity contribution in [3.05, 3.63) is 101 Å². The Labute approximate surface area is 471 Å². The minimum atomic E-state index is -0.577. The molecule has 4 aromatic heterocycles. The van der Waals surface area contributed by atoms with E-state index in [1.54, 1.807) is 40.6 Å². The number of nitrogens with zero attached hydrogens (tertiary/aromatic N) is 8. The lowest BCUT2D eigenvalue weighted by molar-refractivity contribution is -0.137. The van der Waals surface area contributed by atoms with E-state index < -0.39 is 17.8 Å². The average Bonchev–Trinajstić information content (AvgIpc) is 4.48. The fourth-order valence-corrected chi connectivity index (χ4v) is 13.7. The van der Waals surface area contributed by atoms with Gasteiger partial charge in [-0.05, 0) is 136 Å². The fourth-order valence-electron chi connectivity index (χ4n) is 12.9. The number of hydrogen-bond acceptors (Lipinski definition) is 17. The Morgan fingerprint density at radius 1 is 0.988 bits per heavy atom. The minimum absolute atomic E-state index is 0.0380. The third-order valence-corrected chi connectivity index (χ3v) is 18.1. The second kappa shape index (κ2) is 24.6.